The molecule has 0 radical (unpaired) electrons. The Morgan fingerprint density at radius 1 is 0.560 bits per heavy atom. The molecule has 0 bridgehead atoms. The molecule has 0 saturated carbocycles. The van der Waals surface area contributed by atoms with Crippen LogP contribution in [0.5, 0.6) is 0 Å². The van der Waals surface area contributed by atoms with E-state index >= 15 is 0 Å². The fourth-order valence-electron chi connectivity index (χ4n) is 2.96. The van der Waals surface area contributed by atoms with Crippen LogP contribution in [0.15, 0.2) is 55.0 Å². The summed E-state index contributed by atoms with van der Waals surface area (Å²) in [6, 6.07) is 12.8. The summed E-state index contributed by atoms with van der Waals surface area (Å²) in [6.45, 7) is 6.21. The first kappa shape index (κ1) is 17.3. The minimum Gasteiger partial charge on any atom is -0.261 e. The highest BCUT2D eigenvalue weighted by Gasteiger charge is 2.14. The van der Waals surface area contributed by atoms with Crippen molar-refractivity contribution in [3.05, 3.63) is 88.8 Å². The summed E-state index contributed by atoms with van der Waals surface area (Å²) >= 11 is 0. The molecule has 3 aromatic heterocycles. The first-order valence-corrected chi connectivity index (χ1v) is 8.83. The Balaban J connectivity index is 1.77. The van der Waals surface area contributed by atoms with Crippen LogP contribution in [0.4, 0.5) is 0 Å². The first-order valence-electron chi connectivity index (χ1n) is 8.83. The van der Waals surface area contributed by atoms with E-state index in [1.54, 1.807) is 0 Å². The molecule has 0 atom stereocenters. The van der Waals surface area contributed by atoms with E-state index in [1.807, 2.05) is 18.6 Å². The van der Waals surface area contributed by atoms with Gasteiger partial charge < -0.3 is 0 Å². The molecule has 3 heteroatoms. The summed E-state index contributed by atoms with van der Waals surface area (Å²) in [5.41, 5.74) is 6.99. The van der Waals surface area contributed by atoms with Gasteiger partial charge in [0.05, 0.1) is 0 Å². The maximum atomic E-state index is 4.59. The highest BCUT2D eigenvalue weighted by Crippen LogP contribution is 2.18. The highest BCUT2D eigenvalue weighted by molar-refractivity contribution is 5.17. The molecule has 3 heterocycles. The van der Waals surface area contributed by atoms with E-state index in [-0.39, 0.29) is 0 Å². The number of pyridine rings is 3. The average molecular weight is 331 g/mol. The van der Waals surface area contributed by atoms with Crippen molar-refractivity contribution in [3.63, 3.8) is 0 Å². The number of hydrogen-bond acceptors (Lipinski definition) is 3. The van der Waals surface area contributed by atoms with Crippen LogP contribution in [0.25, 0.3) is 0 Å². The molecule has 0 aromatic carbocycles. The molecular weight excluding hydrogens is 306 g/mol. The Hall–Kier alpha value is -2.55. The molecule has 0 amide bonds. The summed E-state index contributed by atoms with van der Waals surface area (Å²) in [5.74, 6) is 0.431. The van der Waals surface area contributed by atoms with Crippen LogP contribution in [0.2, 0.25) is 0 Å². The topological polar surface area (TPSA) is 38.7 Å². The lowest BCUT2D eigenvalue weighted by atomic mass is 9.91. The number of aromatic nitrogens is 3. The molecule has 0 spiro atoms. The number of hydrogen-bond donors (Lipinski definition) is 0. The van der Waals surface area contributed by atoms with E-state index in [2.05, 4.69) is 72.1 Å². The minimum atomic E-state index is 0.431. The fourth-order valence-corrected chi connectivity index (χ4v) is 2.96. The number of aryl methyl sites for hydroxylation is 3. The summed E-state index contributed by atoms with van der Waals surface area (Å²) in [6.07, 6.45) is 8.64. The third kappa shape index (κ3) is 5.21. The monoisotopic (exact) mass is 331 g/mol. The maximum absolute atomic E-state index is 4.59. The SMILES string of the molecule is Cc1ccc(CC(Cc2ccc(C)cn2)Cc2ccc(C)cn2)nc1. The van der Waals surface area contributed by atoms with E-state index in [0.717, 1.165) is 36.3 Å². The van der Waals surface area contributed by atoms with Crippen LogP contribution in [0, 0.1) is 26.7 Å². The molecule has 0 saturated heterocycles. The lowest BCUT2D eigenvalue weighted by Crippen LogP contribution is -2.14. The summed E-state index contributed by atoms with van der Waals surface area (Å²) in [4.78, 5) is 13.8. The van der Waals surface area contributed by atoms with Crippen molar-refractivity contribution in [2.45, 2.75) is 40.0 Å². The van der Waals surface area contributed by atoms with E-state index in [1.165, 1.54) is 16.7 Å². The van der Waals surface area contributed by atoms with Gasteiger partial charge in [-0.15, -0.1) is 0 Å². The standard InChI is InChI=1S/C22H25N3/c1-16-4-7-20(23-13-16)10-19(11-21-8-5-17(2)14-24-21)12-22-9-6-18(3)15-25-22/h4-9,13-15,19H,10-12H2,1-3H3. The minimum absolute atomic E-state index is 0.431. The van der Waals surface area contributed by atoms with Crippen molar-refractivity contribution in [1.29, 1.82) is 0 Å². The zero-order chi connectivity index (χ0) is 17.6. The van der Waals surface area contributed by atoms with Crippen LogP contribution in [0.1, 0.15) is 33.8 Å². The quantitative estimate of drug-likeness (QED) is 0.670. The van der Waals surface area contributed by atoms with Crippen molar-refractivity contribution in [1.82, 2.24) is 15.0 Å². The van der Waals surface area contributed by atoms with E-state index in [9.17, 15) is 0 Å². The third-order valence-corrected chi connectivity index (χ3v) is 4.41. The first-order chi connectivity index (χ1) is 12.1. The second-order valence-corrected chi connectivity index (χ2v) is 6.96. The van der Waals surface area contributed by atoms with Crippen molar-refractivity contribution >= 4 is 0 Å². The Morgan fingerprint density at radius 2 is 0.880 bits per heavy atom. The van der Waals surface area contributed by atoms with Crippen molar-refractivity contribution in [2.75, 3.05) is 0 Å². The molecule has 0 aliphatic carbocycles. The normalized spacial score (nSPS) is 11.0. The maximum Gasteiger partial charge on any atom is 0.0406 e. The summed E-state index contributed by atoms with van der Waals surface area (Å²) < 4.78 is 0. The van der Waals surface area contributed by atoms with Crippen molar-refractivity contribution in [3.8, 4) is 0 Å². The van der Waals surface area contributed by atoms with Crippen molar-refractivity contribution in [2.24, 2.45) is 5.92 Å². The summed E-state index contributed by atoms with van der Waals surface area (Å²) in [7, 11) is 0. The van der Waals surface area contributed by atoms with Gasteiger partial charge >= 0.3 is 0 Å². The average Bonchev–Trinajstić information content (AvgIpc) is 2.61. The van der Waals surface area contributed by atoms with Crippen LogP contribution in [0.3, 0.4) is 0 Å². The molecular formula is C22H25N3. The molecule has 3 rings (SSSR count). The van der Waals surface area contributed by atoms with Gasteiger partial charge in [-0.2, -0.15) is 0 Å². The van der Waals surface area contributed by atoms with E-state index in [0.29, 0.717) is 5.92 Å². The zero-order valence-electron chi connectivity index (χ0n) is 15.2. The molecule has 0 fully saturated rings. The zero-order valence-corrected chi connectivity index (χ0v) is 15.2. The fraction of sp³-hybridized carbons (Fsp3) is 0.318. The Kier molecular flexibility index (Phi) is 5.54. The Bertz CT molecular complexity index is 677. The van der Waals surface area contributed by atoms with Gasteiger partial charge in [0, 0.05) is 35.7 Å². The molecule has 0 aliphatic heterocycles. The van der Waals surface area contributed by atoms with E-state index < -0.39 is 0 Å². The second-order valence-electron chi connectivity index (χ2n) is 6.96. The predicted octanol–water partition coefficient (Wildman–Crippen LogP) is 4.44. The predicted molar refractivity (Wildman–Crippen MR) is 102 cm³/mol. The van der Waals surface area contributed by atoms with Gasteiger partial charge in [0.25, 0.3) is 0 Å². The smallest absolute Gasteiger partial charge is 0.0406 e. The van der Waals surface area contributed by atoms with E-state index in [4.69, 9.17) is 0 Å². The third-order valence-electron chi connectivity index (χ3n) is 4.41. The van der Waals surface area contributed by atoms with Crippen molar-refractivity contribution < 1.29 is 0 Å². The molecule has 0 N–H and O–H groups in total. The summed E-state index contributed by atoms with van der Waals surface area (Å²) in [5, 5.41) is 0. The Labute approximate surface area is 150 Å². The molecule has 25 heavy (non-hydrogen) atoms. The van der Waals surface area contributed by atoms with Gasteiger partial charge in [0.2, 0.25) is 0 Å². The van der Waals surface area contributed by atoms with Gasteiger partial charge in [-0.05, 0) is 80.8 Å². The molecule has 0 unspecified atom stereocenters. The van der Waals surface area contributed by atoms with Crippen LogP contribution in [-0.2, 0) is 19.3 Å². The molecule has 3 aromatic rings. The van der Waals surface area contributed by atoms with Crippen LogP contribution >= 0.6 is 0 Å². The van der Waals surface area contributed by atoms with Gasteiger partial charge in [0.1, 0.15) is 0 Å². The highest BCUT2D eigenvalue weighted by atomic mass is 14.7. The molecule has 128 valence electrons. The Morgan fingerprint density at radius 3 is 1.12 bits per heavy atom. The van der Waals surface area contributed by atoms with Gasteiger partial charge in [-0.25, -0.2) is 0 Å². The lowest BCUT2D eigenvalue weighted by molar-refractivity contribution is 0.500. The molecule has 0 aliphatic rings. The van der Waals surface area contributed by atoms with Gasteiger partial charge in [0.15, 0.2) is 0 Å². The number of nitrogens with zero attached hydrogens (tertiary/aromatic N) is 3. The number of rotatable bonds is 6. The lowest BCUT2D eigenvalue weighted by Gasteiger charge is -2.16. The van der Waals surface area contributed by atoms with Gasteiger partial charge in [-0.3, -0.25) is 15.0 Å². The van der Waals surface area contributed by atoms with Gasteiger partial charge in [-0.1, -0.05) is 18.2 Å². The van der Waals surface area contributed by atoms with Crippen LogP contribution in [-0.4, -0.2) is 15.0 Å². The van der Waals surface area contributed by atoms with Crippen LogP contribution < -0.4 is 0 Å². The largest absolute Gasteiger partial charge is 0.261 e. The molecule has 3 nitrogen and oxygen atoms in total. The second kappa shape index (κ2) is 8.02.